The third-order valence-electron chi connectivity index (χ3n) is 4.16. The van der Waals surface area contributed by atoms with Crippen molar-refractivity contribution >= 4 is 49.3 Å². The number of sulfonamides is 1. The Kier molecular flexibility index (Phi) is 6.95. The van der Waals surface area contributed by atoms with E-state index in [1.807, 2.05) is 24.3 Å². The van der Waals surface area contributed by atoms with Crippen molar-refractivity contribution in [2.24, 2.45) is 0 Å². The summed E-state index contributed by atoms with van der Waals surface area (Å²) in [5, 5.41) is 5.57. The van der Waals surface area contributed by atoms with Crippen LogP contribution in [0.4, 0.5) is 10.5 Å². The zero-order valence-electron chi connectivity index (χ0n) is 14.8. The van der Waals surface area contributed by atoms with E-state index in [2.05, 4.69) is 26.6 Å². The molecule has 2 aromatic carbocycles. The molecule has 150 valence electrons. The number of halogens is 2. The minimum atomic E-state index is -3.68. The van der Waals surface area contributed by atoms with Crippen molar-refractivity contribution < 1.29 is 17.9 Å². The maximum absolute atomic E-state index is 12.8. The van der Waals surface area contributed by atoms with Crippen LogP contribution in [0.15, 0.2) is 51.8 Å². The number of nitrogens with zero attached hydrogens (tertiary/aromatic N) is 1. The molecule has 2 N–H and O–H groups in total. The van der Waals surface area contributed by atoms with Gasteiger partial charge in [0.1, 0.15) is 0 Å². The molecule has 3 rings (SSSR count). The second-order valence-corrected chi connectivity index (χ2v) is 9.35. The summed E-state index contributed by atoms with van der Waals surface area (Å²) in [6.45, 7) is 1.62. The Bertz CT molecular complexity index is 948. The molecule has 0 radical (unpaired) electrons. The fraction of sp³-hybridized carbons (Fsp3) is 0.278. The number of benzene rings is 2. The first-order chi connectivity index (χ1) is 13.4. The van der Waals surface area contributed by atoms with Gasteiger partial charge in [-0.25, -0.2) is 13.2 Å². The molecule has 28 heavy (non-hydrogen) atoms. The van der Waals surface area contributed by atoms with E-state index in [4.69, 9.17) is 16.3 Å². The van der Waals surface area contributed by atoms with E-state index >= 15 is 0 Å². The van der Waals surface area contributed by atoms with E-state index in [-0.39, 0.29) is 15.6 Å². The summed E-state index contributed by atoms with van der Waals surface area (Å²) in [5.41, 5.74) is 1.15. The number of nitrogens with one attached hydrogen (secondary N) is 2. The minimum absolute atomic E-state index is 0.0713. The Morgan fingerprint density at radius 1 is 1.14 bits per heavy atom. The SMILES string of the molecule is O=C(NCc1ccc(Br)cc1)Nc1cc(S(=O)(=O)N2CCOCC2)ccc1Cl. The van der Waals surface area contributed by atoms with Crippen molar-refractivity contribution in [3.63, 3.8) is 0 Å². The summed E-state index contributed by atoms with van der Waals surface area (Å²) in [4.78, 5) is 12.3. The summed E-state index contributed by atoms with van der Waals surface area (Å²) in [6.07, 6.45) is 0. The van der Waals surface area contributed by atoms with Crippen LogP contribution in [0.2, 0.25) is 5.02 Å². The van der Waals surface area contributed by atoms with Crippen molar-refractivity contribution in [1.29, 1.82) is 0 Å². The van der Waals surface area contributed by atoms with Gasteiger partial charge in [0.2, 0.25) is 10.0 Å². The van der Waals surface area contributed by atoms with Gasteiger partial charge in [-0.1, -0.05) is 39.7 Å². The molecule has 1 saturated heterocycles. The molecule has 0 aliphatic carbocycles. The Labute approximate surface area is 177 Å². The van der Waals surface area contributed by atoms with Crippen LogP contribution in [0.1, 0.15) is 5.56 Å². The van der Waals surface area contributed by atoms with E-state index < -0.39 is 16.1 Å². The van der Waals surface area contributed by atoms with Gasteiger partial charge < -0.3 is 15.4 Å². The van der Waals surface area contributed by atoms with Gasteiger partial charge in [-0.05, 0) is 35.9 Å². The summed E-state index contributed by atoms with van der Waals surface area (Å²) >= 11 is 9.49. The van der Waals surface area contributed by atoms with Crippen molar-refractivity contribution in [2.45, 2.75) is 11.4 Å². The molecule has 1 fully saturated rings. The lowest BCUT2D eigenvalue weighted by Gasteiger charge is -2.26. The zero-order valence-corrected chi connectivity index (χ0v) is 18.0. The smallest absolute Gasteiger partial charge is 0.319 e. The van der Waals surface area contributed by atoms with Gasteiger partial charge in [-0.2, -0.15) is 4.31 Å². The molecule has 0 bridgehead atoms. The maximum atomic E-state index is 12.8. The highest BCUT2D eigenvalue weighted by molar-refractivity contribution is 9.10. The third-order valence-corrected chi connectivity index (χ3v) is 6.91. The van der Waals surface area contributed by atoms with Crippen molar-refractivity contribution in [3.05, 3.63) is 57.5 Å². The topological polar surface area (TPSA) is 87.7 Å². The molecule has 10 heteroatoms. The molecular weight excluding hydrogens is 470 g/mol. The summed E-state index contributed by atoms with van der Waals surface area (Å²) in [7, 11) is -3.68. The molecule has 0 atom stereocenters. The molecule has 0 aromatic heterocycles. The second-order valence-electron chi connectivity index (χ2n) is 6.09. The highest BCUT2D eigenvalue weighted by Gasteiger charge is 2.27. The number of hydrogen-bond acceptors (Lipinski definition) is 4. The van der Waals surface area contributed by atoms with Crippen LogP contribution in [-0.4, -0.2) is 45.1 Å². The van der Waals surface area contributed by atoms with Crippen molar-refractivity contribution in [2.75, 3.05) is 31.6 Å². The highest BCUT2D eigenvalue weighted by atomic mass is 79.9. The molecule has 0 saturated carbocycles. The number of carbonyl (C=O) groups is 1. The monoisotopic (exact) mass is 487 g/mol. The number of hydrogen-bond donors (Lipinski definition) is 2. The molecule has 0 unspecified atom stereocenters. The molecule has 1 aliphatic heterocycles. The fourth-order valence-corrected chi connectivity index (χ4v) is 4.51. The number of carbonyl (C=O) groups excluding carboxylic acids is 1. The third kappa shape index (κ3) is 5.24. The molecular formula is C18H19BrClN3O4S. The van der Waals surface area contributed by atoms with Gasteiger partial charge in [-0.3, -0.25) is 0 Å². The standard InChI is InChI=1S/C18H19BrClN3O4S/c19-14-3-1-13(2-4-14)12-21-18(24)22-17-11-15(5-6-16(17)20)28(25,26)23-7-9-27-10-8-23/h1-6,11H,7-10,12H2,(H2,21,22,24). The number of urea groups is 1. The Morgan fingerprint density at radius 2 is 1.82 bits per heavy atom. The van der Waals surface area contributed by atoms with Gasteiger partial charge >= 0.3 is 6.03 Å². The van der Waals surface area contributed by atoms with Crippen LogP contribution in [-0.2, 0) is 21.3 Å². The van der Waals surface area contributed by atoms with Gasteiger partial charge in [-0.15, -0.1) is 0 Å². The second kappa shape index (κ2) is 9.23. The predicted octanol–water partition coefficient (Wildman–Crippen LogP) is 3.45. The molecule has 1 heterocycles. The van der Waals surface area contributed by atoms with Gasteiger partial charge in [0.05, 0.1) is 28.8 Å². The van der Waals surface area contributed by atoms with Crippen LogP contribution in [0.3, 0.4) is 0 Å². The van der Waals surface area contributed by atoms with Crippen LogP contribution in [0, 0.1) is 0 Å². The molecule has 7 nitrogen and oxygen atoms in total. The van der Waals surface area contributed by atoms with Crippen LogP contribution < -0.4 is 10.6 Å². The van der Waals surface area contributed by atoms with E-state index in [1.165, 1.54) is 22.5 Å². The van der Waals surface area contributed by atoms with Crippen molar-refractivity contribution in [3.8, 4) is 0 Å². The lowest BCUT2D eigenvalue weighted by molar-refractivity contribution is 0.0730. The molecule has 0 spiro atoms. The highest BCUT2D eigenvalue weighted by Crippen LogP contribution is 2.27. The zero-order chi connectivity index (χ0) is 20.1. The van der Waals surface area contributed by atoms with E-state index in [9.17, 15) is 13.2 Å². The Hall–Kier alpha value is -1.65. The van der Waals surface area contributed by atoms with E-state index in [0.717, 1.165) is 10.0 Å². The first kappa shape index (κ1) is 21.1. The lowest BCUT2D eigenvalue weighted by Crippen LogP contribution is -2.40. The molecule has 1 aliphatic rings. The summed E-state index contributed by atoms with van der Waals surface area (Å²) in [6, 6.07) is 11.3. The van der Waals surface area contributed by atoms with Crippen molar-refractivity contribution in [1.82, 2.24) is 9.62 Å². The first-order valence-electron chi connectivity index (χ1n) is 8.53. The van der Waals surface area contributed by atoms with Crippen LogP contribution >= 0.6 is 27.5 Å². The average Bonchev–Trinajstić information content (AvgIpc) is 2.70. The van der Waals surface area contributed by atoms with E-state index in [1.54, 1.807) is 0 Å². The van der Waals surface area contributed by atoms with Gasteiger partial charge in [0, 0.05) is 24.1 Å². The summed E-state index contributed by atoms with van der Waals surface area (Å²) in [5.74, 6) is 0. The van der Waals surface area contributed by atoms with Gasteiger partial charge in [0.25, 0.3) is 0 Å². The average molecular weight is 489 g/mol. The Morgan fingerprint density at radius 3 is 2.50 bits per heavy atom. The maximum Gasteiger partial charge on any atom is 0.319 e. The minimum Gasteiger partial charge on any atom is -0.379 e. The van der Waals surface area contributed by atoms with E-state index in [0.29, 0.717) is 32.8 Å². The molecule has 2 aromatic rings. The largest absolute Gasteiger partial charge is 0.379 e. The molecule has 2 amide bonds. The lowest BCUT2D eigenvalue weighted by atomic mass is 10.2. The number of ether oxygens (including phenoxy) is 1. The first-order valence-corrected chi connectivity index (χ1v) is 11.1. The number of rotatable bonds is 5. The summed E-state index contributed by atoms with van der Waals surface area (Å²) < 4.78 is 33.0. The number of morpholine rings is 1. The predicted molar refractivity (Wildman–Crippen MR) is 111 cm³/mol. The fourth-order valence-electron chi connectivity index (χ4n) is 2.65. The Balaban J connectivity index is 1.68. The van der Waals surface area contributed by atoms with Crippen LogP contribution in [0.5, 0.6) is 0 Å². The van der Waals surface area contributed by atoms with Gasteiger partial charge in [0.15, 0.2) is 0 Å². The van der Waals surface area contributed by atoms with Crippen LogP contribution in [0.25, 0.3) is 0 Å². The quantitative estimate of drug-likeness (QED) is 0.675. The normalized spacial score (nSPS) is 15.2. The number of anilines is 1. The number of amides is 2.